The van der Waals surface area contributed by atoms with Gasteiger partial charge in [-0.05, 0) is 12.8 Å². The second kappa shape index (κ2) is 6.01. The summed E-state index contributed by atoms with van der Waals surface area (Å²) in [5, 5.41) is 16.4. The van der Waals surface area contributed by atoms with Gasteiger partial charge < -0.3 is 16.2 Å². The van der Waals surface area contributed by atoms with E-state index in [0.717, 1.165) is 31.9 Å². The van der Waals surface area contributed by atoms with Gasteiger partial charge in [-0.1, -0.05) is 19.3 Å². The number of hydrogen-bond acceptors (Lipinski definition) is 6. The first kappa shape index (κ1) is 15.1. The summed E-state index contributed by atoms with van der Waals surface area (Å²) < 4.78 is 25.1. The SMILES string of the molecule is CS(=O)(=O)c1c(NC2CCCCC2)nn(CCO)c1N. The Morgan fingerprint density at radius 3 is 2.60 bits per heavy atom. The first-order chi connectivity index (χ1) is 9.43. The summed E-state index contributed by atoms with van der Waals surface area (Å²) in [7, 11) is -3.46. The molecule has 8 heteroatoms. The molecule has 0 bridgehead atoms. The van der Waals surface area contributed by atoms with Gasteiger partial charge in [0.2, 0.25) is 0 Å². The minimum absolute atomic E-state index is 0.0384. The van der Waals surface area contributed by atoms with Gasteiger partial charge >= 0.3 is 0 Å². The van der Waals surface area contributed by atoms with E-state index in [4.69, 9.17) is 10.8 Å². The molecular formula is C12H22N4O3S. The van der Waals surface area contributed by atoms with Gasteiger partial charge in [0.05, 0.1) is 13.2 Å². The van der Waals surface area contributed by atoms with Gasteiger partial charge in [0, 0.05) is 12.3 Å². The molecule has 2 rings (SSSR count). The molecule has 0 unspecified atom stereocenters. The van der Waals surface area contributed by atoms with E-state index in [0.29, 0.717) is 5.82 Å². The van der Waals surface area contributed by atoms with E-state index in [1.54, 1.807) is 0 Å². The number of sulfone groups is 1. The van der Waals surface area contributed by atoms with Crippen LogP contribution < -0.4 is 11.1 Å². The molecule has 1 saturated carbocycles. The maximum absolute atomic E-state index is 11.9. The molecule has 4 N–H and O–H groups in total. The van der Waals surface area contributed by atoms with Gasteiger partial charge in [0.25, 0.3) is 0 Å². The second-order valence-corrected chi connectivity index (χ2v) is 7.21. The predicted octanol–water partition coefficient (Wildman–Crippen LogP) is 0.606. The van der Waals surface area contributed by atoms with E-state index >= 15 is 0 Å². The van der Waals surface area contributed by atoms with Crippen LogP contribution in [0, 0.1) is 0 Å². The molecule has 0 aliphatic heterocycles. The Balaban J connectivity index is 2.32. The van der Waals surface area contributed by atoms with Crippen LogP contribution in [0.15, 0.2) is 4.90 Å². The number of aliphatic hydroxyl groups is 1. The molecule has 0 saturated heterocycles. The van der Waals surface area contributed by atoms with E-state index in [2.05, 4.69) is 10.4 Å². The Bertz CT molecular complexity index is 562. The topological polar surface area (TPSA) is 110 Å². The van der Waals surface area contributed by atoms with Crippen molar-refractivity contribution in [2.24, 2.45) is 0 Å². The zero-order chi connectivity index (χ0) is 14.8. The monoisotopic (exact) mass is 302 g/mol. The van der Waals surface area contributed by atoms with Gasteiger partial charge in [-0.15, -0.1) is 0 Å². The van der Waals surface area contributed by atoms with Gasteiger partial charge in [-0.25, -0.2) is 13.1 Å². The molecule has 20 heavy (non-hydrogen) atoms. The van der Waals surface area contributed by atoms with Crippen molar-refractivity contribution in [2.45, 2.75) is 49.6 Å². The van der Waals surface area contributed by atoms with Gasteiger partial charge in [-0.2, -0.15) is 5.10 Å². The quantitative estimate of drug-likeness (QED) is 0.735. The van der Waals surface area contributed by atoms with Crippen molar-refractivity contribution < 1.29 is 13.5 Å². The Morgan fingerprint density at radius 1 is 1.40 bits per heavy atom. The van der Waals surface area contributed by atoms with Crippen molar-refractivity contribution in [3.63, 3.8) is 0 Å². The number of rotatable bonds is 5. The van der Waals surface area contributed by atoms with Crippen molar-refractivity contribution in [1.82, 2.24) is 9.78 Å². The van der Waals surface area contributed by atoms with E-state index in [-0.39, 0.29) is 29.9 Å². The highest BCUT2D eigenvalue weighted by Gasteiger charge is 2.26. The summed E-state index contributed by atoms with van der Waals surface area (Å²) in [6.07, 6.45) is 6.64. The fourth-order valence-corrected chi connectivity index (χ4v) is 3.56. The lowest BCUT2D eigenvalue weighted by molar-refractivity contribution is 0.270. The van der Waals surface area contributed by atoms with E-state index in [1.165, 1.54) is 11.1 Å². The molecule has 1 aromatic rings. The highest BCUT2D eigenvalue weighted by Crippen LogP contribution is 2.29. The fraction of sp³-hybridized carbons (Fsp3) is 0.750. The molecule has 0 aromatic carbocycles. The summed E-state index contributed by atoms with van der Waals surface area (Å²) in [4.78, 5) is 0.0384. The molecule has 114 valence electrons. The molecule has 1 heterocycles. The Labute approximate surface area is 119 Å². The van der Waals surface area contributed by atoms with Gasteiger partial charge in [0.1, 0.15) is 5.82 Å². The number of aliphatic hydroxyl groups excluding tert-OH is 1. The van der Waals surface area contributed by atoms with Crippen LogP contribution >= 0.6 is 0 Å². The third kappa shape index (κ3) is 3.24. The molecular weight excluding hydrogens is 280 g/mol. The third-order valence-electron chi connectivity index (χ3n) is 3.58. The summed E-state index contributed by atoms with van der Waals surface area (Å²) in [6.45, 7) is 0.0403. The van der Waals surface area contributed by atoms with Crippen LogP contribution in [0.25, 0.3) is 0 Å². The second-order valence-electron chi connectivity index (χ2n) is 5.26. The average molecular weight is 302 g/mol. The van der Waals surface area contributed by atoms with Crippen molar-refractivity contribution in [3.8, 4) is 0 Å². The predicted molar refractivity (Wildman–Crippen MR) is 77.3 cm³/mol. The van der Waals surface area contributed by atoms with Crippen LogP contribution in [-0.4, -0.2) is 42.2 Å². The third-order valence-corrected chi connectivity index (χ3v) is 4.72. The fourth-order valence-electron chi connectivity index (χ4n) is 2.62. The van der Waals surface area contributed by atoms with Crippen LogP contribution in [0.3, 0.4) is 0 Å². The molecule has 1 aliphatic carbocycles. The molecule has 1 aromatic heterocycles. The normalized spacial score (nSPS) is 17.3. The summed E-state index contributed by atoms with van der Waals surface area (Å²) in [5.41, 5.74) is 5.85. The van der Waals surface area contributed by atoms with Crippen molar-refractivity contribution >= 4 is 21.5 Å². The number of nitrogens with zero attached hydrogens (tertiary/aromatic N) is 2. The lowest BCUT2D eigenvalue weighted by atomic mass is 9.95. The Morgan fingerprint density at radius 2 is 2.05 bits per heavy atom. The summed E-state index contributed by atoms with van der Waals surface area (Å²) >= 11 is 0. The lowest BCUT2D eigenvalue weighted by Gasteiger charge is -2.22. The van der Waals surface area contributed by atoms with E-state index in [1.807, 2.05) is 0 Å². The Hall–Kier alpha value is -1.28. The van der Waals surface area contributed by atoms with E-state index in [9.17, 15) is 8.42 Å². The number of anilines is 2. The first-order valence-corrected chi connectivity index (χ1v) is 8.76. The zero-order valence-electron chi connectivity index (χ0n) is 11.7. The first-order valence-electron chi connectivity index (χ1n) is 6.87. The molecule has 0 radical (unpaired) electrons. The van der Waals surface area contributed by atoms with Crippen LogP contribution in [0.1, 0.15) is 32.1 Å². The molecule has 1 fully saturated rings. The number of nitrogen functional groups attached to an aromatic ring is 1. The smallest absolute Gasteiger partial charge is 0.182 e. The van der Waals surface area contributed by atoms with Crippen molar-refractivity contribution in [2.75, 3.05) is 23.9 Å². The molecule has 0 spiro atoms. The average Bonchev–Trinajstić information content (AvgIpc) is 2.67. The number of nitrogens with one attached hydrogen (secondary N) is 1. The zero-order valence-corrected chi connectivity index (χ0v) is 12.5. The summed E-state index contributed by atoms with van der Waals surface area (Å²) in [6, 6.07) is 0.237. The maximum atomic E-state index is 11.9. The summed E-state index contributed by atoms with van der Waals surface area (Å²) in [5.74, 6) is 0.394. The molecule has 1 aliphatic rings. The van der Waals surface area contributed by atoms with Gasteiger partial charge in [0.15, 0.2) is 20.6 Å². The lowest BCUT2D eigenvalue weighted by Crippen LogP contribution is -2.23. The number of hydrogen-bond donors (Lipinski definition) is 3. The standard InChI is InChI=1S/C12H22N4O3S/c1-20(18,19)10-11(13)16(7-8-17)15-12(10)14-9-5-3-2-4-6-9/h9,17H,2-8,13H2,1H3,(H,14,15). The van der Waals surface area contributed by atoms with Crippen LogP contribution in [-0.2, 0) is 16.4 Å². The van der Waals surface area contributed by atoms with Crippen LogP contribution in [0.2, 0.25) is 0 Å². The minimum Gasteiger partial charge on any atom is -0.394 e. The van der Waals surface area contributed by atoms with Crippen molar-refractivity contribution in [3.05, 3.63) is 0 Å². The van der Waals surface area contributed by atoms with Crippen molar-refractivity contribution in [1.29, 1.82) is 0 Å². The number of nitrogens with two attached hydrogens (primary N) is 1. The molecule has 7 nitrogen and oxygen atoms in total. The maximum Gasteiger partial charge on any atom is 0.182 e. The van der Waals surface area contributed by atoms with Crippen LogP contribution in [0.4, 0.5) is 11.6 Å². The Kier molecular flexibility index (Phi) is 4.54. The molecule has 0 atom stereocenters. The van der Waals surface area contributed by atoms with Gasteiger partial charge in [-0.3, -0.25) is 0 Å². The highest BCUT2D eigenvalue weighted by atomic mass is 32.2. The van der Waals surface area contributed by atoms with E-state index < -0.39 is 9.84 Å². The highest BCUT2D eigenvalue weighted by molar-refractivity contribution is 7.91. The van der Waals surface area contributed by atoms with Crippen LogP contribution in [0.5, 0.6) is 0 Å². The molecule has 0 amide bonds. The number of aromatic nitrogens is 2. The largest absolute Gasteiger partial charge is 0.394 e. The minimum atomic E-state index is -3.46.